The molecule has 1 saturated heterocycles. The average Bonchev–Trinajstić information content (AvgIpc) is 3.18. The van der Waals surface area contributed by atoms with Crippen LogP contribution in [0.1, 0.15) is 18.0 Å². The first kappa shape index (κ1) is 18.9. The molecule has 1 aliphatic heterocycles. The summed E-state index contributed by atoms with van der Waals surface area (Å²) in [4.78, 5) is 30.6. The Morgan fingerprint density at radius 2 is 2.00 bits per heavy atom. The number of aromatic nitrogens is 7. The largest absolute Gasteiger partial charge is 0.356 e. The first-order valence-electron chi connectivity index (χ1n) is 9.86. The van der Waals surface area contributed by atoms with E-state index in [2.05, 4.69) is 36.1 Å². The summed E-state index contributed by atoms with van der Waals surface area (Å²) in [6.45, 7) is 2.46. The maximum atomic E-state index is 12.1. The van der Waals surface area contributed by atoms with E-state index in [9.17, 15) is 4.79 Å². The number of piperidine rings is 1. The number of pyridine rings is 1. The van der Waals surface area contributed by atoms with Gasteiger partial charge >= 0.3 is 0 Å². The summed E-state index contributed by atoms with van der Waals surface area (Å²) in [5, 5.41) is 12.2. The zero-order valence-electron chi connectivity index (χ0n) is 16.8. The first-order valence-corrected chi connectivity index (χ1v) is 9.86. The van der Waals surface area contributed by atoms with Crippen molar-refractivity contribution in [2.75, 3.05) is 18.0 Å². The topological polar surface area (TPSA) is 132 Å². The van der Waals surface area contributed by atoms with Crippen molar-refractivity contribution in [3.05, 3.63) is 59.1 Å². The number of rotatable bonds is 3. The molecule has 4 aromatic rings. The Balaban J connectivity index is 0.000000134. The standard InChI is InChI=1S/C11H11N3.C9H8N6O2/c12-5-10-2-1-3-11(13-10)14-6-8-4-9(8)7-14;1-14-4-11-8-7(14)9(16)15(5-12-8)2-6-10-3-13-17-6/h1-3,8-9H,4,6-7H2;3-5H,2H2,1H3/t8-,9+;. The highest BCUT2D eigenvalue weighted by Gasteiger charge is 2.45. The maximum absolute atomic E-state index is 12.1. The summed E-state index contributed by atoms with van der Waals surface area (Å²) in [5.74, 6) is 3.14. The van der Waals surface area contributed by atoms with Crippen molar-refractivity contribution in [2.24, 2.45) is 18.9 Å². The molecule has 1 saturated carbocycles. The van der Waals surface area contributed by atoms with Gasteiger partial charge in [-0.1, -0.05) is 11.2 Å². The highest BCUT2D eigenvalue weighted by atomic mass is 16.5. The lowest BCUT2D eigenvalue weighted by Crippen LogP contribution is -2.22. The lowest BCUT2D eigenvalue weighted by molar-refractivity contribution is 0.368. The third-order valence-electron chi connectivity index (χ3n) is 5.56. The molecular formula is C20H19N9O2. The summed E-state index contributed by atoms with van der Waals surface area (Å²) in [7, 11) is 1.75. The second kappa shape index (κ2) is 7.64. The summed E-state index contributed by atoms with van der Waals surface area (Å²) in [6.07, 6.45) is 5.66. The summed E-state index contributed by atoms with van der Waals surface area (Å²) < 4.78 is 7.88. The zero-order valence-corrected chi connectivity index (χ0v) is 16.8. The van der Waals surface area contributed by atoms with Crippen LogP contribution in [0.3, 0.4) is 0 Å². The van der Waals surface area contributed by atoms with Crippen LogP contribution in [0.15, 0.2) is 46.5 Å². The van der Waals surface area contributed by atoms with Crippen LogP contribution in [0.4, 0.5) is 5.82 Å². The molecule has 1 aliphatic carbocycles. The molecule has 2 aliphatic rings. The lowest BCUT2D eigenvalue weighted by atomic mass is 10.3. The van der Waals surface area contributed by atoms with Gasteiger partial charge in [-0.15, -0.1) is 0 Å². The predicted octanol–water partition coefficient (Wildman–Crippen LogP) is 0.971. The zero-order chi connectivity index (χ0) is 21.4. The van der Waals surface area contributed by atoms with Gasteiger partial charge in [0.05, 0.1) is 6.33 Å². The van der Waals surface area contributed by atoms with Crippen LogP contribution in [0, 0.1) is 23.2 Å². The Morgan fingerprint density at radius 3 is 2.74 bits per heavy atom. The van der Waals surface area contributed by atoms with Crippen molar-refractivity contribution in [3.63, 3.8) is 0 Å². The van der Waals surface area contributed by atoms with E-state index in [1.807, 2.05) is 12.1 Å². The van der Waals surface area contributed by atoms with E-state index in [0.717, 1.165) is 30.7 Å². The van der Waals surface area contributed by atoms with Crippen molar-refractivity contribution < 1.29 is 4.52 Å². The molecule has 0 radical (unpaired) electrons. The molecule has 11 heteroatoms. The molecule has 31 heavy (non-hydrogen) atoms. The number of anilines is 1. The molecule has 0 aromatic carbocycles. The van der Waals surface area contributed by atoms with Gasteiger partial charge in [-0.05, 0) is 30.4 Å². The third-order valence-corrected chi connectivity index (χ3v) is 5.56. The van der Waals surface area contributed by atoms with E-state index in [1.54, 1.807) is 24.0 Å². The van der Waals surface area contributed by atoms with Crippen LogP contribution >= 0.6 is 0 Å². The molecule has 6 rings (SSSR count). The normalized spacial score (nSPS) is 18.9. The molecule has 0 unspecified atom stereocenters. The van der Waals surface area contributed by atoms with Gasteiger partial charge in [0.15, 0.2) is 17.5 Å². The molecule has 2 atom stereocenters. The van der Waals surface area contributed by atoms with Crippen molar-refractivity contribution in [1.82, 2.24) is 34.2 Å². The number of nitrogens with zero attached hydrogens (tertiary/aromatic N) is 9. The molecule has 0 bridgehead atoms. The maximum Gasteiger partial charge on any atom is 0.280 e. The SMILES string of the molecule is Cn1cnc2ncn(Cc3ncno3)c(=O)c21.N#Cc1cccc(N2C[C@H]3C[C@H]3C2)n1. The number of hydrogen-bond donors (Lipinski definition) is 0. The van der Waals surface area contributed by atoms with Gasteiger partial charge in [0, 0.05) is 20.1 Å². The second-order valence-electron chi connectivity index (χ2n) is 7.69. The Hall–Kier alpha value is -4.07. The van der Waals surface area contributed by atoms with E-state index in [1.165, 1.54) is 23.6 Å². The van der Waals surface area contributed by atoms with E-state index >= 15 is 0 Å². The van der Waals surface area contributed by atoms with E-state index in [0.29, 0.717) is 22.7 Å². The molecular weight excluding hydrogens is 398 g/mol. The fourth-order valence-electron chi connectivity index (χ4n) is 3.84. The van der Waals surface area contributed by atoms with Gasteiger partial charge in [-0.25, -0.2) is 15.0 Å². The molecule has 4 aromatic heterocycles. The van der Waals surface area contributed by atoms with Gasteiger partial charge in [-0.2, -0.15) is 10.2 Å². The molecule has 156 valence electrons. The molecule has 2 fully saturated rings. The average molecular weight is 417 g/mol. The Labute approximate surface area is 176 Å². The minimum absolute atomic E-state index is 0.187. The third kappa shape index (κ3) is 3.75. The predicted molar refractivity (Wildman–Crippen MR) is 109 cm³/mol. The fourth-order valence-corrected chi connectivity index (χ4v) is 3.84. The molecule has 0 N–H and O–H groups in total. The van der Waals surface area contributed by atoms with Crippen LogP contribution < -0.4 is 10.5 Å². The summed E-state index contributed by atoms with van der Waals surface area (Å²) in [6, 6.07) is 7.72. The summed E-state index contributed by atoms with van der Waals surface area (Å²) in [5.41, 5.74) is 1.21. The van der Waals surface area contributed by atoms with Crippen molar-refractivity contribution >= 4 is 17.0 Å². The van der Waals surface area contributed by atoms with Crippen molar-refractivity contribution in [3.8, 4) is 6.07 Å². The van der Waals surface area contributed by atoms with Crippen LogP contribution in [-0.4, -0.2) is 47.3 Å². The molecule has 0 amide bonds. The van der Waals surface area contributed by atoms with Gasteiger partial charge < -0.3 is 14.0 Å². The second-order valence-corrected chi connectivity index (χ2v) is 7.69. The van der Waals surface area contributed by atoms with E-state index < -0.39 is 0 Å². The lowest BCUT2D eigenvalue weighted by Gasteiger charge is -2.18. The quantitative estimate of drug-likeness (QED) is 0.478. The fraction of sp³-hybridized carbons (Fsp3) is 0.350. The van der Waals surface area contributed by atoms with E-state index in [4.69, 9.17) is 9.78 Å². The molecule has 5 heterocycles. The van der Waals surface area contributed by atoms with Gasteiger partial charge in [-0.3, -0.25) is 9.36 Å². The Morgan fingerprint density at radius 1 is 1.19 bits per heavy atom. The van der Waals surface area contributed by atoms with Crippen LogP contribution in [0.25, 0.3) is 11.2 Å². The minimum atomic E-state index is -0.187. The number of aryl methyl sites for hydroxylation is 1. The van der Waals surface area contributed by atoms with Crippen molar-refractivity contribution in [2.45, 2.75) is 13.0 Å². The minimum Gasteiger partial charge on any atom is -0.356 e. The highest BCUT2D eigenvalue weighted by Crippen LogP contribution is 2.45. The number of imidazole rings is 1. The smallest absolute Gasteiger partial charge is 0.280 e. The molecule has 0 spiro atoms. The van der Waals surface area contributed by atoms with Crippen LogP contribution in [0.5, 0.6) is 0 Å². The van der Waals surface area contributed by atoms with Gasteiger partial charge in [0.2, 0.25) is 5.89 Å². The number of hydrogen-bond acceptors (Lipinski definition) is 9. The van der Waals surface area contributed by atoms with Crippen LogP contribution in [0.2, 0.25) is 0 Å². The van der Waals surface area contributed by atoms with E-state index in [-0.39, 0.29) is 12.1 Å². The van der Waals surface area contributed by atoms with Crippen molar-refractivity contribution in [1.29, 1.82) is 5.26 Å². The Bertz CT molecular complexity index is 1310. The number of fused-ring (bicyclic) bond motifs is 2. The molecule has 11 nitrogen and oxygen atoms in total. The monoisotopic (exact) mass is 417 g/mol. The highest BCUT2D eigenvalue weighted by molar-refractivity contribution is 5.68. The Kier molecular flexibility index (Phi) is 4.66. The van der Waals surface area contributed by atoms with Gasteiger partial charge in [0.1, 0.15) is 30.5 Å². The first-order chi connectivity index (χ1) is 15.1. The van der Waals surface area contributed by atoms with Gasteiger partial charge in [0.25, 0.3) is 5.56 Å². The summed E-state index contributed by atoms with van der Waals surface area (Å²) >= 11 is 0. The number of nitriles is 1. The van der Waals surface area contributed by atoms with Crippen LogP contribution in [-0.2, 0) is 13.6 Å².